The zero-order chi connectivity index (χ0) is 7.72. The molecule has 0 spiro atoms. The van der Waals surface area contributed by atoms with Gasteiger partial charge < -0.3 is 20.4 Å². The summed E-state index contributed by atoms with van der Waals surface area (Å²) in [6, 6.07) is 0. The molecule has 4 nitrogen and oxygen atoms in total. The Bertz CT molecular complexity index is 116. The topological polar surface area (TPSA) is 80.9 Å². The predicted molar refractivity (Wildman–Crippen MR) is 33.2 cm³/mol. The molecule has 0 amide bonds. The Labute approximate surface area is 58.7 Å². The monoisotopic (exact) mass is 148 g/mol. The standard InChI is InChI=1S/C6H12O4/c7-2-3-1-4(8)6(10)5(3)9/h3-10H,1-2H2/t3-,4+,5+,6-/m1/s1. The molecule has 0 heterocycles. The molecule has 0 radical (unpaired) electrons. The van der Waals surface area contributed by atoms with Crippen molar-refractivity contribution in [2.24, 2.45) is 5.92 Å². The van der Waals surface area contributed by atoms with Crippen molar-refractivity contribution < 1.29 is 20.4 Å². The molecule has 1 saturated carbocycles. The zero-order valence-electron chi connectivity index (χ0n) is 5.51. The van der Waals surface area contributed by atoms with Crippen molar-refractivity contribution in [2.45, 2.75) is 24.7 Å². The maximum atomic E-state index is 9.06. The highest BCUT2D eigenvalue weighted by molar-refractivity contribution is 4.90. The van der Waals surface area contributed by atoms with E-state index in [1.54, 1.807) is 0 Å². The van der Waals surface area contributed by atoms with E-state index < -0.39 is 18.3 Å². The Morgan fingerprint density at radius 2 is 1.70 bits per heavy atom. The van der Waals surface area contributed by atoms with Crippen molar-refractivity contribution in [3.8, 4) is 0 Å². The van der Waals surface area contributed by atoms with Gasteiger partial charge in [-0.05, 0) is 6.42 Å². The van der Waals surface area contributed by atoms with Gasteiger partial charge in [-0.2, -0.15) is 0 Å². The Balaban J connectivity index is 2.53. The van der Waals surface area contributed by atoms with E-state index in [1.807, 2.05) is 0 Å². The second-order valence-corrected chi connectivity index (χ2v) is 2.73. The summed E-state index contributed by atoms with van der Waals surface area (Å²) < 4.78 is 0. The van der Waals surface area contributed by atoms with Gasteiger partial charge in [0.2, 0.25) is 0 Å². The average molecular weight is 148 g/mol. The molecule has 10 heavy (non-hydrogen) atoms. The van der Waals surface area contributed by atoms with E-state index in [4.69, 9.17) is 20.4 Å². The summed E-state index contributed by atoms with van der Waals surface area (Å²) in [6.07, 6.45) is -2.66. The van der Waals surface area contributed by atoms with E-state index in [9.17, 15) is 0 Å². The summed E-state index contributed by atoms with van der Waals surface area (Å²) in [5, 5.41) is 35.6. The highest BCUT2D eigenvalue weighted by Gasteiger charge is 2.39. The third-order valence-corrected chi connectivity index (χ3v) is 2.01. The van der Waals surface area contributed by atoms with Crippen LogP contribution in [0.15, 0.2) is 0 Å². The van der Waals surface area contributed by atoms with Crippen molar-refractivity contribution in [1.82, 2.24) is 0 Å². The van der Waals surface area contributed by atoms with Gasteiger partial charge in [-0.15, -0.1) is 0 Å². The summed E-state index contributed by atoms with van der Waals surface area (Å²) in [5.41, 5.74) is 0. The van der Waals surface area contributed by atoms with Gasteiger partial charge in [0.25, 0.3) is 0 Å². The third-order valence-electron chi connectivity index (χ3n) is 2.01. The second-order valence-electron chi connectivity index (χ2n) is 2.73. The molecular weight excluding hydrogens is 136 g/mol. The van der Waals surface area contributed by atoms with Crippen molar-refractivity contribution in [2.75, 3.05) is 6.61 Å². The molecule has 4 heteroatoms. The fourth-order valence-corrected chi connectivity index (χ4v) is 1.28. The number of aliphatic hydroxyl groups is 4. The molecule has 0 unspecified atom stereocenters. The summed E-state index contributed by atoms with van der Waals surface area (Å²) in [7, 11) is 0. The summed E-state index contributed by atoms with van der Waals surface area (Å²) in [6.45, 7) is -0.185. The van der Waals surface area contributed by atoms with Gasteiger partial charge >= 0.3 is 0 Å². The van der Waals surface area contributed by atoms with E-state index in [0.717, 1.165) is 0 Å². The maximum absolute atomic E-state index is 9.06. The van der Waals surface area contributed by atoms with Gasteiger partial charge in [-0.3, -0.25) is 0 Å². The van der Waals surface area contributed by atoms with Crippen LogP contribution >= 0.6 is 0 Å². The molecule has 1 rings (SSSR count). The van der Waals surface area contributed by atoms with Crippen LogP contribution in [0.25, 0.3) is 0 Å². The van der Waals surface area contributed by atoms with Crippen LogP contribution in [0.5, 0.6) is 0 Å². The Hall–Kier alpha value is -0.160. The zero-order valence-corrected chi connectivity index (χ0v) is 5.51. The molecule has 0 saturated heterocycles. The van der Waals surface area contributed by atoms with E-state index in [2.05, 4.69) is 0 Å². The van der Waals surface area contributed by atoms with Crippen LogP contribution in [0.2, 0.25) is 0 Å². The minimum absolute atomic E-state index is 0.185. The van der Waals surface area contributed by atoms with Crippen LogP contribution in [0, 0.1) is 5.92 Å². The summed E-state index contributed by atoms with van der Waals surface area (Å²) in [4.78, 5) is 0. The van der Waals surface area contributed by atoms with Crippen LogP contribution in [0.1, 0.15) is 6.42 Å². The van der Waals surface area contributed by atoms with Gasteiger partial charge in [0.05, 0.1) is 12.2 Å². The molecule has 0 aromatic carbocycles. The van der Waals surface area contributed by atoms with Crippen LogP contribution in [0.4, 0.5) is 0 Å². The molecular formula is C6H12O4. The molecule has 4 N–H and O–H groups in total. The van der Waals surface area contributed by atoms with Crippen molar-refractivity contribution in [3.05, 3.63) is 0 Å². The molecule has 0 aromatic heterocycles. The molecule has 0 aromatic rings. The molecule has 60 valence electrons. The molecule has 4 atom stereocenters. The fraction of sp³-hybridized carbons (Fsp3) is 1.00. The fourth-order valence-electron chi connectivity index (χ4n) is 1.28. The van der Waals surface area contributed by atoms with Crippen LogP contribution in [-0.2, 0) is 0 Å². The molecule has 1 aliphatic carbocycles. The highest BCUT2D eigenvalue weighted by atomic mass is 16.4. The van der Waals surface area contributed by atoms with Gasteiger partial charge in [0.15, 0.2) is 0 Å². The molecule has 0 aliphatic heterocycles. The lowest BCUT2D eigenvalue weighted by molar-refractivity contribution is -0.0302. The first kappa shape index (κ1) is 7.94. The SMILES string of the molecule is OC[C@H]1C[C@H](O)[C@@H](O)[C@H]1O. The number of rotatable bonds is 1. The van der Waals surface area contributed by atoms with Crippen LogP contribution in [-0.4, -0.2) is 45.3 Å². The molecule has 1 fully saturated rings. The molecule has 0 bridgehead atoms. The Kier molecular flexibility index (Phi) is 2.25. The van der Waals surface area contributed by atoms with Gasteiger partial charge in [-0.25, -0.2) is 0 Å². The average Bonchev–Trinajstić information content (AvgIpc) is 2.17. The van der Waals surface area contributed by atoms with Crippen LogP contribution < -0.4 is 0 Å². The Morgan fingerprint density at radius 1 is 1.10 bits per heavy atom. The smallest absolute Gasteiger partial charge is 0.106 e. The van der Waals surface area contributed by atoms with Crippen LogP contribution in [0.3, 0.4) is 0 Å². The lowest BCUT2D eigenvalue weighted by Crippen LogP contribution is -2.31. The van der Waals surface area contributed by atoms with E-state index >= 15 is 0 Å². The summed E-state index contributed by atoms with van der Waals surface area (Å²) >= 11 is 0. The third kappa shape index (κ3) is 1.15. The first-order valence-corrected chi connectivity index (χ1v) is 3.32. The lowest BCUT2D eigenvalue weighted by atomic mass is 10.1. The number of hydrogen-bond donors (Lipinski definition) is 4. The summed E-state index contributed by atoms with van der Waals surface area (Å²) in [5.74, 6) is -0.370. The lowest BCUT2D eigenvalue weighted by Gasteiger charge is -2.12. The number of hydrogen-bond acceptors (Lipinski definition) is 4. The van der Waals surface area contributed by atoms with E-state index in [0.29, 0.717) is 0 Å². The number of aliphatic hydroxyl groups excluding tert-OH is 4. The normalized spacial score (nSPS) is 48.0. The minimum Gasteiger partial charge on any atom is -0.396 e. The van der Waals surface area contributed by atoms with E-state index in [-0.39, 0.29) is 18.9 Å². The quantitative estimate of drug-likeness (QED) is 0.349. The molecule has 1 aliphatic rings. The largest absolute Gasteiger partial charge is 0.396 e. The van der Waals surface area contributed by atoms with Gasteiger partial charge in [-0.1, -0.05) is 0 Å². The predicted octanol–water partition coefficient (Wildman–Crippen LogP) is -1.92. The Morgan fingerprint density at radius 3 is 1.90 bits per heavy atom. The first-order chi connectivity index (χ1) is 4.66. The van der Waals surface area contributed by atoms with Gasteiger partial charge in [0, 0.05) is 12.5 Å². The van der Waals surface area contributed by atoms with Gasteiger partial charge in [0.1, 0.15) is 6.10 Å². The van der Waals surface area contributed by atoms with E-state index in [1.165, 1.54) is 0 Å². The minimum atomic E-state index is -1.09. The van der Waals surface area contributed by atoms with Crippen molar-refractivity contribution >= 4 is 0 Å². The maximum Gasteiger partial charge on any atom is 0.106 e. The highest BCUT2D eigenvalue weighted by Crippen LogP contribution is 2.25. The van der Waals surface area contributed by atoms with Crippen molar-refractivity contribution in [1.29, 1.82) is 0 Å². The second kappa shape index (κ2) is 2.84. The van der Waals surface area contributed by atoms with Crippen molar-refractivity contribution in [3.63, 3.8) is 0 Å². The first-order valence-electron chi connectivity index (χ1n) is 3.32.